The van der Waals surface area contributed by atoms with Crippen LogP contribution in [0.1, 0.15) is 48.8 Å². The summed E-state index contributed by atoms with van der Waals surface area (Å²) in [6, 6.07) is 40.9. The third kappa shape index (κ3) is 18.8. The number of aromatic nitrogens is 16. The number of nitrogens with zero attached hydrogens (tertiary/aromatic N) is 13. The van der Waals surface area contributed by atoms with Crippen molar-refractivity contribution in [2.24, 2.45) is 5.92 Å². The molecule has 0 bridgehead atoms. The maximum Gasteiger partial charge on any atom is 0.227 e. The molecule has 0 amide bonds. The molecule has 1 saturated carbocycles. The summed E-state index contributed by atoms with van der Waals surface area (Å²) in [5.74, 6) is 5.10. The number of likely N-dealkylation sites (N-methyl/N-ethyl adjacent to an activating group) is 2. The highest BCUT2D eigenvalue weighted by atomic mass is 16.5. The molecule has 0 atom stereocenters. The summed E-state index contributed by atoms with van der Waals surface area (Å²) >= 11 is 0. The third-order valence-electron chi connectivity index (χ3n) is 18.3. The van der Waals surface area contributed by atoms with Crippen molar-refractivity contribution in [2.75, 3.05) is 82.3 Å². The van der Waals surface area contributed by atoms with E-state index in [0.29, 0.717) is 37.1 Å². The van der Waals surface area contributed by atoms with Gasteiger partial charge in [-0.05, 0) is 238 Å². The summed E-state index contributed by atoms with van der Waals surface area (Å²) in [7, 11) is 7.99. The Kier molecular flexibility index (Phi) is 23.8. The van der Waals surface area contributed by atoms with Crippen LogP contribution in [-0.4, -0.2) is 157 Å². The molecule has 107 heavy (non-hydrogen) atoms. The van der Waals surface area contributed by atoms with Gasteiger partial charge in [0, 0.05) is 154 Å². The number of rotatable bonds is 23. The van der Waals surface area contributed by atoms with Crippen LogP contribution in [-0.2, 0) is 0 Å². The molecule has 544 valence electrons. The van der Waals surface area contributed by atoms with Crippen LogP contribution in [0.15, 0.2) is 202 Å². The largest absolute Gasteiger partial charge is 0.508 e. The van der Waals surface area contributed by atoms with Crippen molar-refractivity contribution in [1.82, 2.24) is 95.3 Å². The Bertz CT molecular complexity index is 5410. The number of hydrogen-bond acceptors (Lipinski definition) is 22. The number of nitrogens with one attached hydrogen (secondary N) is 10. The summed E-state index contributed by atoms with van der Waals surface area (Å²) in [6.45, 7) is 10.1. The maximum absolute atomic E-state index is 9.50. The molecule has 0 unspecified atom stereocenters. The second-order valence-electron chi connectivity index (χ2n) is 26.2. The first kappa shape index (κ1) is 72.6. The standard InChI is InChI=1S/C22H24N6O.C21H22N6O.C20H26N6.C18H15N5O/c1-15-13-16(29-12-11-28(2)3)6-7-19(15)26-22-24-10-8-20(27-22)18-14-25-21-17(18)5-4-9-23-21;1-14-12-15(28-11-10-22-2)5-6-18(14)26-21-24-9-7-19(27-21)17-13-25-20-16(17)4-3-8-23-20;1-21-11-8-14-4-6-15(7-5-14)25-20-23-12-9-18(26-20)17-13-24-19-16(17)3-2-10-22-19;1-11-9-12(24)4-5-15(11)22-18-20-8-6-16(23-18)14-10-21-17-13(14)3-2-7-19-17/h4-10,13-14H,11-12H2,1-3H3,(H,23,25)(H,24,26,27);3-9,12-13,22H,10-11H2,1-2H3,(H,23,25)(H,24,26,27);2-3,9-10,12-15,21H,4-8,11H2,1H3,(H,22,24)(H,23,25,26);2-10,24H,1H3,(H,19,21)(H,20,22,23). The molecule has 26 nitrogen and oxygen atoms in total. The summed E-state index contributed by atoms with van der Waals surface area (Å²) in [4.78, 5) is 68.3. The molecule has 1 fully saturated rings. The number of H-pyrrole nitrogens is 4. The fourth-order valence-corrected chi connectivity index (χ4v) is 12.6. The van der Waals surface area contributed by atoms with Gasteiger partial charge in [0.1, 0.15) is 53.1 Å². The summed E-state index contributed by atoms with van der Waals surface area (Å²) in [5, 5.41) is 33.3. The molecule has 12 heterocycles. The van der Waals surface area contributed by atoms with Gasteiger partial charge in [0.15, 0.2) is 0 Å². The number of ether oxygens (including phenoxy) is 2. The molecule has 1 aliphatic rings. The zero-order valence-electron chi connectivity index (χ0n) is 60.9. The molecule has 0 radical (unpaired) electrons. The van der Waals surface area contributed by atoms with Gasteiger partial charge in [-0.25, -0.2) is 59.8 Å². The second-order valence-corrected chi connectivity index (χ2v) is 26.2. The van der Waals surface area contributed by atoms with Gasteiger partial charge in [-0.2, -0.15) is 0 Å². The van der Waals surface area contributed by atoms with Gasteiger partial charge in [0.05, 0.1) is 22.8 Å². The highest BCUT2D eigenvalue weighted by molar-refractivity contribution is 5.95. The Morgan fingerprint density at radius 3 is 1.18 bits per heavy atom. The van der Waals surface area contributed by atoms with E-state index in [1.807, 2.05) is 183 Å². The van der Waals surface area contributed by atoms with E-state index in [2.05, 4.69) is 118 Å². The van der Waals surface area contributed by atoms with Crippen LogP contribution < -0.4 is 41.4 Å². The number of aryl methyl sites for hydroxylation is 3. The Labute approximate surface area is 619 Å². The molecule has 26 heteroatoms. The molecular formula is C81H87N23O3. The van der Waals surface area contributed by atoms with Crippen LogP contribution in [0.5, 0.6) is 17.2 Å². The fraction of sp³-hybridized carbons (Fsp3) is 0.235. The number of fused-ring (bicyclic) bond motifs is 4. The SMILES string of the molecule is CNCCC1CCC(Nc2nccc(-c3c[nH]c4ncccc34)n2)CC1.CNCCOc1ccc(Nc2nccc(-c3c[nH]c4ncccc34)n2)c(C)c1.Cc1cc(O)ccc1Nc1nccc(-c2c[nH]c3ncccc23)n1.Cc1cc(OCCN(C)C)ccc1Nc1nccc(-c2c[nH]c3ncccc23)n1. The van der Waals surface area contributed by atoms with E-state index in [1.54, 1.807) is 61.6 Å². The molecule has 11 N–H and O–H groups in total. The van der Waals surface area contributed by atoms with E-state index < -0.39 is 0 Å². The quantitative estimate of drug-likeness (QED) is 0.0209. The van der Waals surface area contributed by atoms with Crippen LogP contribution >= 0.6 is 0 Å². The second kappa shape index (κ2) is 35.1. The van der Waals surface area contributed by atoms with Crippen molar-refractivity contribution in [3.8, 4) is 62.3 Å². The minimum absolute atomic E-state index is 0.235. The lowest BCUT2D eigenvalue weighted by Crippen LogP contribution is -2.28. The van der Waals surface area contributed by atoms with Gasteiger partial charge in [0.25, 0.3) is 0 Å². The van der Waals surface area contributed by atoms with Gasteiger partial charge in [-0.1, -0.05) is 0 Å². The molecule has 0 spiro atoms. The van der Waals surface area contributed by atoms with Crippen molar-refractivity contribution in [2.45, 2.75) is 58.9 Å². The van der Waals surface area contributed by atoms with Gasteiger partial charge < -0.3 is 71.3 Å². The molecule has 15 aromatic rings. The van der Waals surface area contributed by atoms with Gasteiger partial charge in [0.2, 0.25) is 23.8 Å². The van der Waals surface area contributed by atoms with Crippen LogP contribution in [0.3, 0.4) is 0 Å². The monoisotopic (exact) mass is 1430 g/mol. The lowest BCUT2D eigenvalue weighted by molar-refractivity contribution is 0.261. The summed E-state index contributed by atoms with van der Waals surface area (Å²) in [5.41, 5.74) is 16.6. The van der Waals surface area contributed by atoms with Gasteiger partial charge in [-0.15, -0.1) is 0 Å². The van der Waals surface area contributed by atoms with E-state index in [0.717, 1.165) is 166 Å². The first-order chi connectivity index (χ1) is 52.4. The smallest absolute Gasteiger partial charge is 0.227 e. The maximum atomic E-state index is 9.50. The van der Waals surface area contributed by atoms with Crippen molar-refractivity contribution in [1.29, 1.82) is 0 Å². The van der Waals surface area contributed by atoms with Gasteiger partial charge >= 0.3 is 0 Å². The molecular weight excluding hydrogens is 1340 g/mol. The number of aromatic amines is 4. The predicted molar refractivity (Wildman–Crippen MR) is 425 cm³/mol. The number of benzene rings is 3. The highest BCUT2D eigenvalue weighted by Gasteiger charge is 2.22. The number of hydrogen-bond donors (Lipinski definition) is 11. The summed E-state index contributed by atoms with van der Waals surface area (Å²) in [6.07, 6.45) is 28.1. The predicted octanol–water partition coefficient (Wildman–Crippen LogP) is 15.1. The zero-order valence-corrected chi connectivity index (χ0v) is 60.9. The Balaban J connectivity index is 0.000000126. The molecule has 3 aromatic carbocycles. The minimum atomic E-state index is 0.235. The van der Waals surface area contributed by atoms with E-state index in [4.69, 9.17) is 14.5 Å². The Morgan fingerprint density at radius 1 is 0.421 bits per heavy atom. The van der Waals surface area contributed by atoms with Crippen LogP contribution in [0.25, 0.3) is 89.2 Å². The highest BCUT2D eigenvalue weighted by Crippen LogP contribution is 2.34. The van der Waals surface area contributed by atoms with E-state index in [9.17, 15) is 5.11 Å². The van der Waals surface area contributed by atoms with Crippen LogP contribution in [0.2, 0.25) is 0 Å². The third-order valence-corrected chi connectivity index (χ3v) is 18.3. The molecule has 1 aliphatic carbocycles. The van der Waals surface area contributed by atoms with Crippen molar-refractivity contribution in [3.05, 3.63) is 218 Å². The van der Waals surface area contributed by atoms with E-state index in [1.165, 1.54) is 32.1 Å². The summed E-state index contributed by atoms with van der Waals surface area (Å²) < 4.78 is 11.5. The van der Waals surface area contributed by atoms with E-state index >= 15 is 0 Å². The Morgan fingerprint density at radius 2 is 0.794 bits per heavy atom. The fourth-order valence-electron chi connectivity index (χ4n) is 12.6. The molecule has 16 rings (SSSR count). The van der Waals surface area contributed by atoms with E-state index in [-0.39, 0.29) is 5.75 Å². The number of aromatic hydroxyl groups is 1. The van der Waals surface area contributed by atoms with Crippen molar-refractivity contribution in [3.63, 3.8) is 0 Å². The van der Waals surface area contributed by atoms with Crippen molar-refractivity contribution >= 4 is 85.0 Å². The molecule has 0 aliphatic heterocycles. The van der Waals surface area contributed by atoms with Crippen LogP contribution in [0, 0.1) is 26.7 Å². The lowest BCUT2D eigenvalue weighted by Gasteiger charge is -2.29. The average molecular weight is 1430 g/mol. The molecule has 12 aromatic heterocycles. The number of anilines is 7. The first-order valence-corrected chi connectivity index (χ1v) is 35.7. The normalized spacial score (nSPS) is 13.3. The van der Waals surface area contributed by atoms with Crippen LogP contribution in [0.4, 0.5) is 40.9 Å². The Hall–Kier alpha value is -12.8. The molecule has 0 saturated heterocycles. The lowest BCUT2D eigenvalue weighted by atomic mass is 9.84. The number of pyridine rings is 4. The zero-order chi connectivity index (χ0) is 73.9. The number of phenols is 1. The topological polar surface area (TPSA) is 332 Å². The number of phenolic OH excluding ortho intramolecular Hbond substituents is 1. The first-order valence-electron chi connectivity index (χ1n) is 35.7. The minimum Gasteiger partial charge on any atom is -0.508 e. The van der Waals surface area contributed by atoms with Gasteiger partial charge in [-0.3, -0.25) is 0 Å². The average Bonchev–Trinajstić information content (AvgIpc) is 1.70. The van der Waals surface area contributed by atoms with Crippen molar-refractivity contribution < 1.29 is 14.6 Å².